The molecule has 3 heteroatoms. The Morgan fingerprint density at radius 3 is 2.45 bits per heavy atom. The number of aryl methyl sites for hydroxylation is 1. The maximum absolute atomic E-state index is 12.4. The molecular formula is C17H26N2O. The molecule has 2 rings (SSSR count). The summed E-state index contributed by atoms with van der Waals surface area (Å²) >= 11 is 0. The van der Waals surface area contributed by atoms with E-state index in [2.05, 4.69) is 24.4 Å². The number of nitrogens with one attached hydrogen (secondary N) is 1. The second kappa shape index (κ2) is 6.89. The van der Waals surface area contributed by atoms with Crippen LogP contribution in [0.1, 0.15) is 51.0 Å². The number of nitrogens with two attached hydrogens (primary N) is 1. The number of anilines is 1. The highest BCUT2D eigenvalue weighted by Gasteiger charge is 2.39. The maximum Gasteiger partial charge on any atom is 0.231 e. The van der Waals surface area contributed by atoms with Crippen LogP contribution in [0.15, 0.2) is 24.3 Å². The number of rotatable bonds is 6. The molecule has 1 saturated carbocycles. The first-order valence-corrected chi connectivity index (χ1v) is 7.81. The van der Waals surface area contributed by atoms with E-state index in [-0.39, 0.29) is 11.3 Å². The summed E-state index contributed by atoms with van der Waals surface area (Å²) in [6, 6.07) is 8.22. The summed E-state index contributed by atoms with van der Waals surface area (Å²) in [6.07, 6.45) is 7.59. The van der Waals surface area contributed by atoms with E-state index >= 15 is 0 Å². The zero-order chi connectivity index (χ0) is 14.4. The first-order valence-electron chi connectivity index (χ1n) is 7.81. The van der Waals surface area contributed by atoms with Crippen molar-refractivity contribution in [3.8, 4) is 0 Å². The topological polar surface area (TPSA) is 55.1 Å². The third kappa shape index (κ3) is 3.40. The number of unbranched alkanes of at least 4 members (excludes halogenated alkanes) is 1. The largest absolute Gasteiger partial charge is 0.329 e. The van der Waals surface area contributed by atoms with Crippen molar-refractivity contribution in [1.82, 2.24) is 0 Å². The van der Waals surface area contributed by atoms with Crippen molar-refractivity contribution in [1.29, 1.82) is 0 Å². The molecule has 1 aliphatic carbocycles. The predicted octanol–water partition coefficient (Wildman–Crippen LogP) is 3.49. The number of carbonyl (C=O) groups excluding carboxylic acids is 1. The van der Waals surface area contributed by atoms with Crippen molar-refractivity contribution in [3.63, 3.8) is 0 Å². The summed E-state index contributed by atoms with van der Waals surface area (Å²) in [4.78, 5) is 12.4. The van der Waals surface area contributed by atoms with Gasteiger partial charge in [0.15, 0.2) is 0 Å². The summed E-state index contributed by atoms with van der Waals surface area (Å²) in [7, 11) is 0. The lowest BCUT2D eigenvalue weighted by molar-refractivity contribution is -0.124. The molecule has 0 radical (unpaired) electrons. The zero-order valence-electron chi connectivity index (χ0n) is 12.5. The molecule has 0 heterocycles. The third-order valence-corrected chi connectivity index (χ3v) is 4.46. The van der Waals surface area contributed by atoms with E-state index in [1.165, 1.54) is 18.4 Å². The molecule has 3 nitrogen and oxygen atoms in total. The molecule has 0 saturated heterocycles. The van der Waals surface area contributed by atoms with E-state index in [0.29, 0.717) is 6.54 Å². The van der Waals surface area contributed by atoms with Crippen LogP contribution in [0.5, 0.6) is 0 Å². The fraction of sp³-hybridized carbons (Fsp3) is 0.588. The van der Waals surface area contributed by atoms with Crippen LogP contribution in [0.25, 0.3) is 0 Å². The molecule has 1 amide bonds. The van der Waals surface area contributed by atoms with Gasteiger partial charge in [-0.1, -0.05) is 38.3 Å². The Bertz CT molecular complexity index is 433. The van der Waals surface area contributed by atoms with Crippen LogP contribution in [0.4, 0.5) is 5.69 Å². The first kappa shape index (κ1) is 15.0. The summed E-state index contributed by atoms with van der Waals surface area (Å²) in [5.41, 5.74) is 7.73. The van der Waals surface area contributed by atoms with E-state index in [9.17, 15) is 4.79 Å². The van der Waals surface area contributed by atoms with E-state index in [4.69, 9.17) is 5.73 Å². The molecule has 20 heavy (non-hydrogen) atoms. The van der Waals surface area contributed by atoms with Gasteiger partial charge in [-0.3, -0.25) is 4.79 Å². The fourth-order valence-electron chi connectivity index (χ4n) is 2.97. The van der Waals surface area contributed by atoms with Gasteiger partial charge in [-0.15, -0.1) is 0 Å². The lowest BCUT2D eigenvalue weighted by atomic mass is 9.85. The van der Waals surface area contributed by atoms with Crippen molar-refractivity contribution < 1.29 is 4.79 Å². The highest BCUT2D eigenvalue weighted by atomic mass is 16.2. The molecule has 0 atom stereocenters. The Hall–Kier alpha value is -1.35. The quantitative estimate of drug-likeness (QED) is 0.834. The van der Waals surface area contributed by atoms with E-state index in [1.807, 2.05) is 12.1 Å². The minimum Gasteiger partial charge on any atom is -0.329 e. The van der Waals surface area contributed by atoms with Gasteiger partial charge in [0, 0.05) is 12.2 Å². The fourth-order valence-corrected chi connectivity index (χ4v) is 2.97. The predicted molar refractivity (Wildman–Crippen MR) is 83.6 cm³/mol. The van der Waals surface area contributed by atoms with Gasteiger partial charge in [-0.05, 0) is 43.4 Å². The molecule has 110 valence electrons. The normalized spacial score (nSPS) is 17.1. The Kier molecular flexibility index (Phi) is 5.18. The van der Waals surface area contributed by atoms with Crippen molar-refractivity contribution in [2.24, 2.45) is 11.1 Å². The van der Waals surface area contributed by atoms with Gasteiger partial charge < -0.3 is 11.1 Å². The molecule has 0 aromatic heterocycles. The summed E-state index contributed by atoms with van der Waals surface area (Å²) in [5, 5.41) is 3.04. The van der Waals surface area contributed by atoms with Gasteiger partial charge in [-0.25, -0.2) is 0 Å². The standard InChI is InChI=1S/C17H26N2O/c1-2-3-6-14-7-9-15(10-8-14)19-16(20)17(13-18)11-4-5-12-17/h7-10H,2-6,11-13,18H2,1H3,(H,19,20). The number of benzene rings is 1. The highest BCUT2D eigenvalue weighted by molar-refractivity contribution is 5.95. The van der Waals surface area contributed by atoms with E-state index in [1.54, 1.807) is 0 Å². The highest BCUT2D eigenvalue weighted by Crippen LogP contribution is 2.38. The van der Waals surface area contributed by atoms with Crippen LogP contribution < -0.4 is 11.1 Å². The van der Waals surface area contributed by atoms with Crippen molar-refractivity contribution in [3.05, 3.63) is 29.8 Å². The summed E-state index contributed by atoms with van der Waals surface area (Å²) < 4.78 is 0. The number of hydrogen-bond donors (Lipinski definition) is 2. The molecular weight excluding hydrogens is 248 g/mol. The van der Waals surface area contributed by atoms with E-state index in [0.717, 1.165) is 37.8 Å². The summed E-state index contributed by atoms with van der Waals surface area (Å²) in [5.74, 6) is 0.0961. The monoisotopic (exact) mass is 274 g/mol. The van der Waals surface area contributed by atoms with Crippen LogP contribution in [0.3, 0.4) is 0 Å². The van der Waals surface area contributed by atoms with Gasteiger partial charge >= 0.3 is 0 Å². The third-order valence-electron chi connectivity index (χ3n) is 4.46. The van der Waals surface area contributed by atoms with Crippen LogP contribution in [-0.4, -0.2) is 12.5 Å². The lowest BCUT2D eigenvalue weighted by Crippen LogP contribution is -2.40. The molecule has 1 aromatic carbocycles. The maximum atomic E-state index is 12.4. The van der Waals surface area contributed by atoms with Crippen LogP contribution >= 0.6 is 0 Å². The van der Waals surface area contributed by atoms with Gasteiger partial charge in [0.05, 0.1) is 5.41 Å². The van der Waals surface area contributed by atoms with Crippen LogP contribution in [-0.2, 0) is 11.2 Å². The van der Waals surface area contributed by atoms with Gasteiger partial charge in [0.1, 0.15) is 0 Å². The molecule has 3 N–H and O–H groups in total. The van der Waals surface area contributed by atoms with Crippen LogP contribution in [0.2, 0.25) is 0 Å². The second-order valence-electron chi connectivity index (χ2n) is 5.95. The van der Waals surface area contributed by atoms with E-state index < -0.39 is 0 Å². The molecule has 1 aromatic rings. The Morgan fingerprint density at radius 2 is 1.90 bits per heavy atom. The first-order chi connectivity index (χ1) is 9.70. The SMILES string of the molecule is CCCCc1ccc(NC(=O)C2(CN)CCCC2)cc1. The van der Waals surface area contributed by atoms with Crippen molar-refractivity contribution in [2.75, 3.05) is 11.9 Å². The van der Waals surface area contributed by atoms with Gasteiger partial charge in [-0.2, -0.15) is 0 Å². The molecule has 0 unspecified atom stereocenters. The number of amides is 1. The molecule has 0 aliphatic heterocycles. The zero-order valence-corrected chi connectivity index (χ0v) is 12.5. The smallest absolute Gasteiger partial charge is 0.231 e. The van der Waals surface area contributed by atoms with Crippen molar-refractivity contribution >= 4 is 11.6 Å². The lowest BCUT2D eigenvalue weighted by Gasteiger charge is -2.25. The Morgan fingerprint density at radius 1 is 1.25 bits per heavy atom. The Labute approximate surface area is 121 Å². The minimum absolute atomic E-state index is 0.0961. The molecule has 0 spiro atoms. The average Bonchev–Trinajstić information content (AvgIpc) is 2.97. The second-order valence-corrected chi connectivity index (χ2v) is 5.95. The van der Waals surface area contributed by atoms with Gasteiger partial charge in [0.2, 0.25) is 5.91 Å². The molecule has 1 aliphatic rings. The number of hydrogen-bond acceptors (Lipinski definition) is 2. The molecule has 0 bridgehead atoms. The average molecular weight is 274 g/mol. The van der Waals surface area contributed by atoms with Crippen LogP contribution in [0, 0.1) is 5.41 Å². The van der Waals surface area contributed by atoms with Gasteiger partial charge in [0.25, 0.3) is 0 Å². The Balaban J connectivity index is 1.97. The summed E-state index contributed by atoms with van der Waals surface area (Å²) in [6.45, 7) is 2.65. The number of carbonyl (C=O) groups is 1. The minimum atomic E-state index is -0.332. The van der Waals surface area contributed by atoms with Crippen molar-refractivity contribution in [2.45, 2.75) is 51.9 Å². The molecule has 1 fully saturated rings.